The largest absolute Gasteiger partial charge is 0.493 e. The molecule has 0 aliphatic rings. The van der Waals surface area contributed by atoms with E-state index in [9.17, 15) is 4.79 Å². The molecular weight excluding hydrogens is 306 g/mol. The predicted octanol–water partition coefficient (Wildman–Crippen LogP) is 3.36. The van der Waals surface area contributed by atoms with Gasteiger partial charge in [-0.05, 0) is 36.3 Å². The van der Waals surface area contributed by atoms with Crippen molar-refractivity contribution in [1.82, 2.24) is 5.48 Å². The Labute approximate surface area is 141 Å². The standard InChI is InChI=1S/C19H21NO4/c1-3-23-17-11-9-15(13-18(17)22-2)10-12-19(21)20-24-14-16-7-5-4-6-8-16/h4-13H,3,14H2,1-2H3,(H,20,21). The zero-order valence-electron chi connectivity index (χ0n) is 13.8. The van der Waals surface area contributed by atoms with E-state index in [0.29, 0.717) is 24.7 Å². The quantitative estimate of drug-likeness (QED) is 0.597. The molecule has 0 bridgehead atoms. The second-order valence-electron chi connectivity index (χ2n) is 4.92. The van der Waals surface area contributed by atoms with Crippen LogP contribution in [0.15, 0.2) is 54.6 Å². The van der Waals surface area contributed by atoms with Crippen LogP contribution in [0.5, 0.6) is 11.5 Å². The summed E-state index contributed by atoms with van der Waals surface area (Å²) >= 11 is 0. The molecule has 5 heteroatoms. The van der Waals surface area contributed by atoms with Crippen LogP contribution in [0, 0.1) is 0 Å². The van der Waals surface area contributed by atoms with Gasteiger partial charge in [-0.1, -0.05) is 36.4 Å². The first-order valence-electron chi connectivity index (χ1n) is 7.67. The predicted molar refractivity (Wildman–Crippen MR) is 92.6 cm³/mol. The summed E-state index contributed by atoms with van der Waals surface area (Å²) in [7, 11) is 1.58. The van der Waals surface area contributed by atoms with E-state index in [-0.39, 0.29) is 5.91 Å². The minimum Gasteiger partial charge on any atom is -0.493 e. The first-order valence-corrected chi connectivity index (χ1v) is 7.67. The van der Waals surface area contributed by atoms with Gasteiger partial charge < -0.3 is 9.47 Å². The third-order valence-electron chi connectivity index (χ3n) is 3.17. The van der Waals surface area contributed by atoms with Gasteiger partial charge in [0.1, 0.15) is 0 Å². The molecule has 126 valence electrons. The van der Waals surface area contributed by atoms with Crippen LogP contribution in [0.25, 0.3) is 6.08 Å². The van der Waals surface area contributed by atoms with Gasteiger partial charge in [-0.3, -0.25) is 9.63 Å². The van der Waals surface area contributed by atoms with Gasteiger partial charge >= 0.3 is 0 Å². The fourth-order valence-corrected chi connectivity index (χ4v) is 2.03. The van der Waals surface area contributed by atoms with Gasteiger partial charge in [0.25, 0.3) is 5.91 Å². The van der Waals surface area contributed by atoms with E-state index in [1.807, 2.05) is 49.4 Å². The molecule has 0 saturated heterocycles. The average Bonchev–Trinajstić information content (AvgIpc) is 2.62. The Bertz CT molecular complexity index is 683. The monoisotopic (exact) mass is 327 g/mol. The molecule has 1 N–H and O–H groups in total. The first kappa shape index (κ1) is 17.6. The van der Waals surface area contributed by atoms with Crippen molar-refractivity contribution in [3.63, 3.8) is 0 Å². The maximum absolute atomic E-state index is 11.8. The molecule has 2 aromatic rings. The Morgan fingerprint density at radius 2 is 1.92 bits per heavy atom. The Morgan fingerprint density at radius 1 is 1.12 bits per heavy atom. The fraction of sp³-hybridized carbons (Fsp3) is 0.211. The van der Waals surface area contributed by atoms with Gasteiger partial charge in [0.2, 0.25) is 0 Å². The van der Waals surface area contributed by atoms with Crippen LogP contribution in [0.1, 0.15) is 18.1 Å². The topological polar surface area (TPSA) is 56.8 Å². The summed E-state index contributed by atoms with van der Waals surface area (Å²) in [5.74, 6) is 0.964. The van der Waals surface area contributed by atoms with Gasteiger partial charge in [-0.15, -0.1) is 0 Å². The minimum absolute atomic E-state index is 0.317. The molecule has 2 rings (SSSR count). The SMILES string of the molecule is CCOc1ccc(C=CC(=O)NOCc2ccccc2)cc1OC. The Balaban J connectivity index is 1.86. The maximum Gasteiger partial charge on any atom is 0.267 e. The minimum atomic E-state index is -0.334. The number of hydroxylamine groups is 1. The normalized spacial score (nSPS) is 10.6. The number of rotatable bonds is 8. The molecule has 0 heterocycles. The lowest BCUT2D eigenvalue weighted by atomic mass is 10.2. The molecule has 0 atom stereocenters. The van der Waals surface area contributed by atoms with Crippen molar-refractivity contribution in [2.45, 2.75) is 13.5 Å². The van der Waals surface area contributed by atoms with E-state index in [1.54, 1.807) is 19.3 Å². The number of amides is 1. The van der Waals surface area contributed by atoms with Gasteiger partial charge in [0.15, 0.2) is 11.5 Å². The van der Waals surface area contributed by atoms with Gasteiger partial charge in [0.05, 0.1) is 20.3 Å². The van der Waals surface area contributed by atoms with Crippen LogP contribution < -0.4 is 15.0 Å². The van der Waals surface area contributed by atoms with Crippen molar-refractivity contribution in [1.29, 1.82) is 0 Å². The van der Waals surface area contributed by atoms with Gasteiger partial charge in [0, 0.05) is 6.08 Å². The number of carbonyl (C=O) groups is 1. The second-order valence-corrected chi connectivity index (χ2v) is 4.92. The Kier molecular flexibility index (Phi) is 6.86. The molecule has 2 aromatic carbocycles. The molecule has 0 aliphatic carbocycles. The van der Waals surface area contributed by atoms with Crippen LogP contribution >= 0.6 is 0 Å². The molecule has 24 heavy (non-hydrogen) atoms. The van der Waals surface area contributed by atoms with E-state index in [0.717, 1.165) is 11.1 Å². The van der Waals surface area contributed by atoms with E-state index in [4.69, 9.17) is 14.3 Å². The molecule has 0 unspecified atom stereocenters. The van der Waals surface area contributed by atoms with Gasteiger partial charge in [-0.2, -0.15) is 0 Å². The third kappa shape index (κ3) is 5.44. The van der Waals surface area contributed by atoms with Crippen molar-refractivity contribution in [3.05, 3.63) is 65.7 Å². The fourth-order valence-electron chi connectivity index (χ4n) is 2.03. The lowest BCUT2D eigenvalue weighted by Crippen LogP contribution is -2.21. The summed E-state index contributed by atoms with van der Waals surface area (Å²) in [6, 6.07) is 15.1. The number of nitrogens with one attached hydrogen (secondary N) is 1. The number of benzene rings is 2. The highest BCUT2D eigenvalue weighted by Gasteiger charge is 2.04. The summed E-state index contributed by atoms with van der Waals surface area (Å²) in [4.78, 5) is 16.9. The van der Waals surface area contributed by atoms with E-state index >= 15 is 0 Å². The number of ether oxygens (including phenoxy) is 2. The van der Waals surface area contributed by atoms with Crippen LogP contribution in [0.2, 0.25) is 0 Å². The molecule has 5 nitrogen and oxygen atoms in total. The summed E-state index contributed by atoms with van der Waals surface area (Å²) in [6.07, 6.45) is 3.08. The summed E-state index contributed by atoms with van der Waals surface area (Å²) in [5, 5.41) is 0. The molecule has 0 saturated carbocycles. The molecule has 0 aromatic heterocycles. The third-order valence-corrected chi connectivity index (χ3v) is 3.17. The van der Waals surface area contributed by atoms with Crippen molar-refractivity contribution < 1.29 is 19.1 Å². The summed E-state index contributed by atoms with van der Waals surface area (Å²) in [5.41, 5.74) is 4.19. The van der Waals surface area contributed by atoms with Crippen molar-refractivity contribution in [2.75, 3.05) is 13.7 Å². The zero-order valence-corrected chi connectivity index (χ0v) is 13.8. The molecular formula is C19H21NO4. The summed E-state index contributed by atoms with van der Waals surface area (Å²) in [6.45, 7) is 2.79. The Hall–Kier alpha value is -2.79. The average molecular weight is 327 g/mol. The second kappa shape index (κ2) is 9.37. The smallest absolute Gasteiger partial charge is 0.267 e. The first-order chi connectivity index (χ1) is 11.7. The lowest BCUT2D eigenvalue weighted by molar-refractivity contribution is -0.129. The lowest BCUT2D eigenvalue weighted by Gasteiger charge is -2.09. The molecule has 0 fully saturated rings. The van der Waals surface area contributed by atoms with E-state index in [2.05, 4.69) is 5.48 Å². The molecule has 0 spiro atoms. The number of hydrogen-bond donors (Lipinski definition) is 1. The highest BCUT2D eigenvalue weighted by molar-refractivity contribution is 5.91. The van der Waals surface area contributed by atoms with Crippen LogP contribution in [0.3, 0.4) is 0 Å². The van der Waals surface area contributed by atoms with E-state index < -0.39 is 0 Å². The van der Waals surface area contributed by atoms with Gasteiger partial charge in [-0.25, -0.2) is 5.48 Å². The highest BCUT2D eigenvalue weighted by Crippen LogP contribution is 2.28. The number of methoxy groups -OCH3 is 1. The number of carbonyl (C=O) groups excluding carboxylic acids is 1. The highest BCUT2D eigenvalue weighted by atomic mass is 16.6. The summed E-state index contributed by atoms with van der Waals surface area (Å²) < 4.78 is 10.7. The Morgan fingerprint density at radius 3 is 2.62 bits per heavy atom. The molecule has 0 radical (unpaired) electrons. The van der Waals surface area contributed by atoms with Crippen LogP contribution in [0.4, 0.5) is 0 Å². The molecule has 0 aliphatic heterocycles. The van der Waals surface area contributed by atoms with Crippen LogP contribution in [-0.2, 0) is 16.2 Å². The van der Waals surface area contributed by atoms with Crippen molar-refractivity contribution >= 4 is 12.0 Å². The number of hydrogen-bond acceptors (Lipinski definition) is 4. The zero-order chi connectivity index (χ0) is 17.2. The molecule has 1 amide bonds. The maximum atomic E-state index is 11.8. The van der Waals surface area contributed by atoms with Crippen molar-refractivity contribution in [3.8, 4) is 11.5 Å². The van der Waals surface area contributed by atoms with Crippen molar-refractivity contribution in [2.24, 2.45) is 0 Å². The van der Waals surface area contributed by atoms with E-state index in [1.165, 1.54) is 6.08 Å². The van der Waals surface area contributed by atoms with Crippen LogP contribution in [-0.4, -0.2) is 19.6 Å².